The monoisotopic (exact) mass is 794 g/mol. The van der Waals surface area contributed by atoms with Crippen molar-refractivity contribution in [1.29, 1.82) is 0 Å². The summed E-state index contributed by atoms with van der Waals surface area (Å²) in [6.45, 7) is 19.4. The second-order valence-corrected chi connectivity index (χ2v) is 16.8. The summed E-state index contributed by atoms with van der Waals surface area (Å²) in [6, 6.07) is 16.1. The minimum absolute atomic E-state index is 0.00480. The normalized spacial score (nSPS) is 15.4. The molecule has 0 aliphatic heterocycles. The Labute approximate surface area is 330 Å². The molecule has 0 amide bonds. The van der Waals surface area contributed by atoms with E-state index in [1.165, 1.54) is 30.3 Å². The molecule has 15 nitrogen and oxygen atoms in total. The van der Waals surface area contributed by atoms with E-state index in [4.69, 9.17) is 43.5 Å². The van der Waals surface area contributed by atoms with Gasteiger partial charge < -0.3 is 4.42 Å². The first-order valence-electron chi connectivity index (χ1n) is 17.9. The molecule has 0 radical (unpaired) electrons. The molecule has 1 atom stereocenters. The first-order chi connectivity index (χ1) is 26.2. The van der Waals surface area contributed by atoms with E-state index in [1.807, 2.05) is 18.2 Å². The van der Waals surface area contributed by atoms with Crippen molar-refractivity contribution in [3.63, 3.8) is 0 Å². The number of fused-ring (bicyclic) bond motifs is 1. The summed E-state index contributed by atoms with van der Waals surface area (Å²) < 4.78 is 4.91. The van der Waals surface area contributed by atoms with Gasteiger partial charge >= 0.3 is 29.5 Å². The summed E-state index contributed by atoms with van der Waals surface area (Å²) in [5, 5.41) is 0.951. The minimum atomic E-state index is -2.59. The van der Waals surface area contributed by atoms with E-state index in [-0.39, 0.29) is 22.3 Å². The van der Waals surface area contributed by atoms with Gasteiger partial charge in [0.05, 0.1) is 5.56 Å². The largest absolute Gasteiger partial charge is 0.423 e. The zero-order valence-electron chi connectivity index (χ0n) is 34.2. The lowest BCUT2D eigenvalue weighted by Gasteiger charge is -2.33. The van der Waals surface area contributed by atoms with Gasteiger partial charge in [0.2, 0.25) is 5.41 Å². The highest BCUT2D eigenvalue weighted by Crippen LogP contribution is 2.41. The highest BCUT2D eigenvalue weighted by Gasteiger charge is 2.60. The molecular formula is C42H50O15. The van der Waals surface area contributed by atoms with Gasteiger partial charge in [-0.1, -0.05) is 48.6 Å². The number of allylic oxidation sites excluding steroid dienone is 2. The molecule has 0 bridgehead atoms. The standard InChI is InChI=1S/C33H44O13.C9H6O2/c1-29(2,3)43-39-25(35)22-15-13-14-20(18-22)24(34)21-16-17-33(27(37)41-45-31(7,8)9,28(38)42-46-32(10,11)12)23(19-21)26(36)40-44-30(4,5)6;10-9-6-5-7-3-1-2-4-8(7)11-9/h13-19,23H,1-12H3;1-6H. The molecule has 15 heteroatoms. The Bertz CT molecular complexity index is 2030. The molecule has 1 aliphatic rings. The fraction of sp³-hybridized carbons (Fsp3) is 0.429. The molecule has 1 unspecified atom stereocenters. The van der Waals surface area contributed by atoms with Crippen LogP contribution in [0.25, 0.3) is 11.0 Å². The van der Waals surface area contributed by atoms with Gasteiger partial charge in [-0.2, -0.15) is 19.6 Å². The number of ketones is 1. The molecule has 1 aliphatic carbocycles. The van der Waals surface area contributed by atoms with Crippen LogP contribution in [0.2, 0.25) is 0 Å². The lowest BCUT2D eigenvalue weighted by Crippen LogP contribution is -2.51. The van der Waals surface area contributed by atoms with Crippen LogP contribution in [0, 0.1) is 11.3 Å². The van der Waals surface area contributed by atoms with Gasteiger partial charge in [-0.3, -0.25) is 24.3 Å². The zero-order chi connectivity index (χ0) is 43.0. The Hall–Kier alpha value is -5.48. The van der Waals surface area contributed by atoms with Gasteiger partial charge in [0, 0.05) is 22.6 Å². The average Bonchev–Trinajstić information content (AvgIpc) is 3.12. The molecule has 0 saturated carbocycles. The number of para-hydroxylation sites is 1. The highest BCUT2D eigenvalue weighted by molar-refractivity contribution is 6.14. The number of Topliss-reactive ketones (excluding diaryl/α,β-unsaturated/α-hetero) is 1. The van der Waals surface area contributed by atoms with Crippen LogP contribution in [0.3, 0.4) is 0 Å². The van der Waals surface area contributed by atoms with Gasteiger partial charge in [-0.15, -0.1) is 0 Å². The number of carbonyl (C=O) groups is 5. The summed E-state index contributed by atoms with van der Waals surface area (Å²) in [7, 11) is 0. The lowest BCUT2D eigenvalue weighted by atomic mass is 9.70. The Morgan fingerprint density at radius 1 is 0.596 bits per heavy atom. The summed E-state index contributed by atoms with van der Waals surface area (Å²) in [6.07, 6.45) is 3.16. The fourth-order valence-corrected chi connectivity index (χ4v) is 4.43. The maximum Gasteiger partial charge on any atom is 0.373 e. The van der Waals surface area contributed by atoms with Crippen molar-refractivity contribution >= 4 is 40.6 Å². The van der Waals surface area contributed by atoms with Crippen molar-refractivity contribution in [3.8, 4) is 0 Å². The topological polar surface area (TPSA) is 189 Å². The van der Waals surface area contributed by atoms with E-state index in [2.05, 4.69) is 0 Å². The van der Waals surface area contributed by atoms with E-state index < -0.39 is 63.4 Å². The van der Waals surface area contributed by atoms with Crippen LogP contribution in [-0.2, 0) is 53.5 Å². The Morgan fingerprint density at radius 2 is 1.11 bits per heavy atom. The molecule has 0 spiro atoms. The van der Waals surface area contributed by atoms with Crippen molar-refractivity contribution < 1.29 is 67.5 Å². The van der Waals surface area contributed by atoms with Crippen LogP contribution in [0.1, 0.15) is 104 Å². The number of hydrogen-bond acceptors (Lipinski definition) is 15. The predicted octanol–water partition coefficient (Wildman–Crippen LogP) is 7.47. The molecular weight excluding hydrogens is 744 g/mol. The van der Waals surface area contributed by atoms with Gasteiger partial charge in [-0.05, 0) is 107 Å². The van der Waals surface area contributed by atoms with E-state index in [0.29, 0.717) is 5.58 Å². The third-order valence-electron chi connectivity index (χ3n) is 6.92. The molecule has 4 rings (SSSR count). The maximum absolute atomic E-state index is 13.7. The van der Waals surface area contributed by atoms with Crippen LogP contribution in [0.4, 0.5) is 0 Å². The summed E-state index contributed by atoms with van der Waals surface area (Å²) in [5.41, 5.74) is -6.14. The molecule has 1 aromatic heterocycles. The first kappa shape index (κ1) is 45.9. The third-order valence-corrected chi connectivity index (χ3v) is 6.92. The Balaban J connectivity index is 0.000000669. The summed E-state index contributed by atoms with van der Waals surface area (Å²) in [4.78, 5) is 118. The van der Waals surface area contributed by atoms with E-state index >= 15 is 0 Å². The molecule has 2 aromatic carbocycles. The number of carbonyl (C=O) groups excluding carboxylic acids is 5. The van der Waals surface area contributed by atoms with Crippen molar-refractivity contribution in [2.75, 3.05) is 0 Å². The third kappa shape index (κ3) is 13.9. The van der Waals surface area contributed by atoms with Gasteiger partial charge in [0.15, 0.2) is 5.78 Å². The summed E-state index contributed by atoms with van der Waals surface area (Å²) >= 11 is 0. The molecule has 3 aromatic rings. The first-order valence-corrected chi connectivity index (χ1v) is 17.9. The van der Waals surface area contributed by atoms with Gasteiger partial charge in [-0.25, -0.2) is 24.0 Å². The molecule has 0 N–H and O–H groups in total. The lowest BCUT2D eigenvalue weighted by molar-refractivity contribution is -0.342. The Kier molecular flexibility index (Phi) is 14.7. The van der Waals surface area contributed by atoms with Gasteiger partial charge in [0.1, 0.15) is 33.9 Å². The summed E-state index contributed by atoms with van der Waals surface area (Å²) in [5.74, 6) is -7.35. The molecule has 0 fully saturated rings. The Morgan fingerprint density at radius 3 is 1.67 bits per heavy atom. The quantitative estimate of drug-likeness (QED) is 0.0645. The van der Waals surface area contributed by atoms with Crippen molar-refractivity contribution in [1.82, 2.24) is 0 Å². The maximum atomic E-state index is 13.7. The van der Waals surface area contributed by atoms with Crippen molar-refractivity contribution in [2.24, 2.45) is 11.3 Å². The van der Waals surface area contributed by atoms with E-state index in [0.717, 1.165) is 23.6 Å². The molecule has 57 heavy (non-hydrogen) atoms. The molecule has 308 valence electrons. The van der Waals surface area contributed by atoms with Crippen LogP contribution >= 0.6 is 0 Å². The average molecular weight is 795 g/mol. The molecule has 1 heterocycles. The van der Waals surface area contributed by atoms with Crippen LogP contribution in [-0.4, -0.2) is 52.1 Å². The van der Waals surface area contributed by atoms with Crippen LogP contribution in [0.15, 0.2) is 93.7 Å². The van der Waals surface area contributed by atoms with E-state index in [9.17, 15) is 28.8 Å². The van der Waals surface area contributed by atoms with Crippen molar-refractivity contribution in [2.45, 2.75) is 105 Å². The fourth-order valence-electron chi connectivity index (χ4n) is 4.43. The number of rotatable bonds is 10. The number of hydrogen-bond donors (Lipinski definition) is 0. The second-order valence-electron chi connectivity index (χ2n) is 16.8. The van der Waals surface area contributed by atoms with Crippen LogP contribution < -0.4 is 5.63 Å². The van der Waals surface area contributed by atoms with Crippen LogP contribution in [0.5, 0.6) is 0 Å². The van der Waals surface area contributed by atoms with Crippen molar-refractivity contribution in [3.05, 3.63) is 106 Å². The SMILES string of the molecule is CC(C)(C)OOC(=O)c1cccc(C(=O)C2=CC(C(=O)OOC(C)(C)C)C(C(=O)OOC(C)(C)C)(C(=O)OOC(C)(C)C)C=C2)c1.O=c1ccc2ccccc2o1. The highest BCUT2D eigenvalue weighted by atomic mass is 17.2. The second kappa shape index (κ2) is 18.2. The van der Waals surface area contributed by atoms with E-state index in [1.54, 1.807) is 95.2 Å². The number of benzene rings is 2. The molecule has 0 saturated heterocycles. The predicted molar refractivity (Wildman–Crippen MR) is 203 cm³/mol. The minimum Gasteiger partial charge on any atom is -0.423 e. The zero-order valence-corrected chi connectivity index (χ0v) is 34.2. The van der Waals surface area contributed by atoms with Gasteiger partial charge in [0.25, 0.3) is 0 Å². The smallest absolute Gasteiger partial charge is 0.373 e.